The topological polar surface area (TPSA) is 151 Å². The van der Waals surface area contributed by atoms with E-state index in [0.717, 1.165) is 16.9 Å². The molecule has 0 bridgehead atoms. The Balaban J connectivity index is 1.83. The minimum atomic E-state index is -1.27. The summed E-state index contributed by atoms with van der Waals surface area (Å²) < 4.78 is 0.864. The minimum absolute atomic E-state index is 0.0261. The first kappa shape index (κ1) is 26.1. The second-order valence-corrected chi connectivity index (χ2v) is 8.97. The van der Waals surface area contributed by atoms with Crippen LogP contribution in [0.3, 0.4) is 0 Å². The lowest BCUT2D eigenvalue weighted by Gasteiger charge is -2.25. The van der Waals surface area contributed by atoms with E-state index < -0.39 is 29.0 Å². The number of H-pyrrole nitrogens is 1. The number of phenolic OH excluding ortho intramolecular Hbond substituents is 1. The van der Waals surface area contributed by atoms with Gasteiger partial charge in [0.05, 0.1) is 11.6 Å². The standard InChI is InChI=1S/C24H16Cl3N5O5/c25-14-6-4-12(5-7-14)20(23(36)31(28)22(35)13-2-1-3-16(33)8-13)21-17(26)9-15(10-18(21)27)32-24(37)30-19(34)11-29-32/h1-11,20,33H,28H2,(H,30,34,37). The number of hydrogen-bond donors (Lipinski definition) is 3. The summed E-state index contributed by atoms with van der Waals surface area (Å²) >= 11 is 19.1. The summed E-state index contributed by atoms with van der Waals surface area (Å²) in [5.41, 5.74) is -0.976. The molecule has 0 radical (unpaired) electrons. The zero-order chi connectivity index (χ0) is 26.9. The quantitative estimate of drug-likeness (QED) is 0.192. The molecule has 13 heteroatoms. The number of aromatic hydroxyl groups is 1. The van der Waals surface area contributed by atoms with Gasteiger partial charge in [0.25, 0.3) is 17.4 Å². The average molecular weight is 561 g/mol. The SMILES string of the molecule is NN(C(=O)c1cccc(O)c1)C(=O)C(c1ccc(Cl)cc1)c1c(Cl)cc(-n2ncc(=O)[nH]c2=O)cc1Cl. The van der Waals surface area contributed by atoms with Gasteiger partial charge in [-0.15, -0.1) is 0 Å². The highest BCUT2D eigenvalue weighted by atomic mass is 35.5. The van der Waals surface area contributed by atoms with Crippen molar-refractivity contribution in [2.45, 2.75) is 5.92 Å². The number of nitrogens with zero attached hydrogens (tertiary/aromatic N) is 3. The number of aromatic amines is 1. The van der Waals surface area contributed by atoms with Gasteiger partial charge in [0.1, 0.15) is 11.9 Å². The molecule has 1 aromatic heterocycles. The summed E-state index contributed by atoms with van der Waals surface area (Å²) in [6, 6.07) is 14.2. The maximum Gasteiger partial charge on any atom is 0.349 e. The number of benzene rings is 3. The molecule has 4 rings (SSSR count). The highest BCUT2D eigenvalue weighted by Crippen LogP contribution is 2.38. The molecule has 0 aliphatic heterocycles. The number of imide groups is 1. The summed E-state index contributed by atoms with van der Waals surface area (Å²) in [6.45, 7) is 0. The zero-order valence-electron chi connectivity index (χ0n) is 18.6. The second-order valence-electron chi connectivity index (χ2n) is 7.72. The van der Waals surface area contributed by atoms with Gasteiger partial charge in [-0.1, -0.05) is 53.0 Å². The van der Waals surface area contributed by atoms with Crippen molar-refractivity contribution in [2.24, 2.45) is 5.84 Å². The predicted molar refractivity (Wildman–Crippen MR) is 137 cm³/mol. The Labute approximate surface area is 223 Å². The maximum atomic E-state index is 13.6. The molecule has 4 aromatic rings. The van der Waals surface area contributed by atoms with E-state index in [4.69, 9.17) is 40.6 Å². The molecule has 37 heavy (non-hydrogen) atoms. The van der Waals surface area contributed by atoms with Crippen molar-refractivity contribution in [1.29, 1.82) is 0 Å². The molecule has 0 saturated carbocycles. The number of nitrogens with two attached hydrogens (primary N) is 1. The lowest BCUT2D eigenvalue weighted by Crippen LogP contribution is -2.45. The Kier molecular flexibility index (Phi) is 7.46. The van der Waals surface area contributed by atoms with Crippen LogP contribution in [0.25, 0.3) is 5.69 Å². The Morgan fingerprint density at radius 3 is 2.24 bits per heavy atom. The monoisotopic (exact) mass is 559 g/mol. The van der Waals surface area contributed by atoms with Crippen LogP contribution in [0.1, 0.15) is 27.4 Å². The molecule has 188 valence electrons. The Morgan fingerprint density at radius 2 is 1.65 bits per heavy atom. The van der Waals surface area contributed by atoms with E-state index in [1.54, 1.807) is 12.1 Å². The number of aromatic nitrogens is 3. The summed E-state index contributed by atoms with van der Waals surface area (Å²) in [7, 11) is 0. The first-order chi connectivity index (χ1) is 17.6. The fourth-order valence-electron chi connectivity index (χ4n) is 3.61. The highest BCUT2D eigenvalue weighted by molar-refractivity contribution is 6.37. The van der Waals surface area contributed by atoms with Gasteiger partial charge in [0.15, 0.2) is 0 Å². The molecule has 1 heterocycles. The Hall–Kier alpha value is -3.96. The van der Waals surface area contributed by atoms with Crippen LogP contribution >= 0.6 is 34.8 Å². The molecule has 2 amide bonds. The van der Waals surface area contributed by atoms with Crippen molar-refractivity contribution >= 4 is 46.6 Å². The molecule has 0 spiro atoms. The first-order valence-electron chi connectivity index (χ1n) is 10.4. The number of amides is 2. The van der Waals surface area contributed by atoms with Crippen molar-refractivity contribution in [1.82, 2.24) is 19.8 Å². The van der Waals surface area contributed by atoms with Gasteiger partial charge in [0, 0.05) is 26.2 Å². The largest absolute Gasteiger partial charge is 0.508 e. The molecule has 0 saturated heterocycles. The van der Waals surface area contributed by atoms with Gasteiger partial charge in [-0.2, -0.15) is 9.78 Å². The van der Waals surface area contributed by atoms with Crippen molar-refractivity contribution in [3.8, 4) is 11.4 Å². The number of nitrogens with one attached hydrogen (secondary N) is 1. The van der Waals surface area contributed by atoms with E-state index >= 15 is 0 Å². The molecule has 10 nitrogen and oxygen atoms in total. The predicted octanol–water partition coefficient (Wildman–Crippen LogP) is 3.26. The Bertz CT molecular complexity index is 1610. The molecule has 1 unspecified atom stereocenters. The van der Waals surface area contributed by atoms with Crippen LogP contribution in [0.4, 0.5) is 0 Å². The fourth-order valence-corrected chi connectivity index (χ4v) is 4.43. The van der Waals surface area contributed by atoms with E-state index in [1.165, 1.54) is 42.5 Å². The van der Waals surface area contributed by atoms with Crippen molar-refractivity contribution in [3.63, 3.8) is 0 Å². The molecular formula is C24H16Cl3N5O5. The average Bonchev–Trinajstić information content (AvgIpc) is 2.85. The molecule has 0 fully saturated rings. The van der Waals surface area contributed by atoms with Gasteiger partial charge in [-0.3, -0.25) is 19.4 Å². The van der Waals surface area contributed by atoms with Gasteiger partial charge >= 0.3 is 5.69 Å². The second kappa shape index (κ2) is 10.6. The summed E-state index contributed by atoms with van der Waals surface area (Å²) in [5.74, 6) is 2.74. The molecule has 0 aliphatic carbocycles. The lowest BCUT2D eigenvalue weighted by atomic mass is 9.89. The molecule has 3 aromatic carbocycles. The molecular weight excluding hydrogens is 545 g/mol. The third-order valence-electron chi connectivity index (χ3n) is 5.31. The third-order valence-corrected chi connectivity index (χ3v) is 6.19. The van der Waals surface area contributed by atoms with Crippen molar-refractivity contribution in [3.05, 3.63) is 119 Å². The number of hydrazine groups is 1. The number of carbonyl (C=O) groups is 2. The van der Waals surface area contributed by atoms with Crippen LogP contribution in [-0.4, -0.2) is 36.7 Å². The van der Waals surface area contributed by atoms with Gasteiger partial charge < -0.3 is 5.11 Å². The first-order valence-corrected chi connectivity index (χ1v) is 11.6. The third kappa shape index (κ3) is 5.42. The van der Waals surface area contributed by atoms with Crippen LogP contribution in [0.2, 0.25) is 15.1 Å². The van der Waals surface area contributed by atoms with E-state index in [1.807, 2.05) is 0 Å². The van der Waals surface area contributed by atoms with Crippen LogP contribution in [-0.2, 0) is 4.79 Å². The van der Waals surface area contributed by atoms with Crippen LogP contribution in [0.5, 0.6) is 5.75 Å². The van der Waals surface area contributed by atoms with E-state index in [0.29, 0.717) is 15.6 Å². The minimum Gasteiger partial charge on any atom is -0.508 e. The highest BCUT2D eigenvalue weighted by Gasteiger charge is 2.33. The van der Waals surface area contributed by atoms with Gasteiger partial charge in [-0.05, 0) is 48.0 Å². The van der Waals surface area contributed by atoms with Crippen molar-refractivity contribution in [2.75, 3.05) is 0 Å². The summed E-state index contributed by atoms with van der Waals surface area (Å²) in [6.07, 6.45) is 0.899. The fraction of sp³-hybridized carbons (Fsp3) is 0.0417. The van der Waals surface area contributed by atoms with E-state index in [9.17, 15) is 24.3 Å². The van der Waals surface area contributed by atoms with Crippen LogP contribution < -0.4 is 17.1 Å². The number of carbonyl (C=O) groups excluding carboxylic acids is 2. The smallest absolute Gasteiger partial charge is 0.349 e. The molecule has 1 atom stereocenters. The molecule has 0 aliphatic rings. The van der Waals surface area contributed by atoms with Crippen molar-refractivity contribution < 1.29 is 14.7 Å². The summed E-state index contributed by atoms with van der Waals surface area (Å²) in [4.78, 5) is 52.2. The number of halogens is 3. The van der Waals surface area contributed by atoms with E-state index in [-0.39, 0.29) is 32.6 Å². The van der Waals surface area contributed by atoms with Gasteiger partial charge in [-0.25, -0.2) is 15.6 Å². The summed E-state index contributed by atoms with van der Waals surface area (Å²) in [5, 5.41) is 14.2. The maximum absolute atomic E-state index is 13.6. The Morgan fingerprint density at radius 1 is 1.00 bits per heavy atom. The zero-order valence-corrected chi connectivity index (χ0v) is 20.8. The number of rotatable bonds is 5. The van der Waals surface area contributed by atoms with Crippen LogP contribution in [0, 0.1) is 0 Å². The van der Waals surface area contributed by atoms with Gasteiger partial charge in [0.2, 0.25) is 0 Å². The van der Waals surface area contributed by atoms with Crippen LogP contribution in [0.15, 0.2) is 76.4 Å². The molecule has 4 N–H and O–H groups in total. The number of hydrogen-bond acceptors (Lipinski definition) is 7. The number of phenols is 1. The normalized spacial score (nSPS) is 11.7. The van der Waals surface area contributed by atoms with E-state index in [2.05, 4.69) is 10.1 Å². The lowest BCUT2D eigenvalue weighted by molar-refractivity contribution is -0.129.